The molecule has 0 aliphatic rings. The van der Waals surface area contributed by atoms with Gasteiger partial charge in [0.05, 0.1) is 23.5 Å². The summed E-state index contributed by atoms with van der Waals surface area (Å²) in [7, 11) is 0. The van der Waals surface area contributed by atoms with Crippen LogP contribution in [0, 0.1) is 5.82 Å². The molecule has 31 heavy (non-hydrogen) atoms. The Balaban J connectivity index is 1.66. The molecule has 8 nitrogen and oxygen atoms in total. The first-order valence-corrected chi connectivity index (χ1v) is 9.27. The van der Waals surface area contributed by atoms with Gasteiger partial charge in [0.1, 0.15) is 17.8 Å². The summed E-state index contributed by atoms with van der Waals surface area (Å²) >= 11 is 0. The molecule has 0 saturated carbocycles. The molecule has 0 bridgehead atoms. The highest BCUT2D eigenvalue weighted by molar-refractivity contribution is 6.10. The molecule has 0 radical (unpaired) electrons. The van der Waals surface area contributed by atoms with Gasteiger partial charge in [0.15, 0.2) is 5.82 Å². The van der Waals surface area contributed by atoms with Gasteiger partial charge < -0.3 is 15.2 Å². The van der Waals surface area contributed by atoms with Crippen molar-refractivity contribution >= 4 is 11.4 Å². The van der Waals surface area contributed by atoms with E-state index in [1.807, 2.05) is 0 Å². The Hall–Kier alpha value is -4.40. The Bertz CT molecular complexity index is 1300. The monoisotopic (exact) mass is 416 g/mol. The van der Waals surface area contributed by atoms with Crippen molar-refractivity contribution < 1.29 is 8.91 Å². The molecule has 0 atom stereocenters. The minimum atomic E-state index is -0.361. The number of allylic oxidation sites excluding steroid dienone is 1. The number of hydrogen-bond donors (Lipinski definition) is 2. The Kier molecular flexibility index (Phi) is 5.75. The smallest absolute Gasteiger partial charge is 0.259 e. The van der Waals surface area contributed by atoms with Gasteiger partial charge >= 0.3 is 0 Å². The van der Waals surface area contributed by atoms with Crippen LogP contribution in [-0.2, 0) is 6.54 Å². The first-order chi connectivity index (χ1) is 15.1. The minimum Gasteiger partial charge on any atom is -0.396 e. The van der Waals surface area contributed by atoms with Crippen molar-refractivity contribution in [3.8, 4) is 11.1 Å². The van der Waals surface area contributed by atoms with Crippen LogP contribution < -0.4 is 11.3 Å². The van der Waals surface area contributed by atoms with Gasteiger partial charge in [0.25, 0.3) is 5.56 Å². The van der Waals surface area contributed by atoms with Gasteiger partial charge in [0, 0.05) is 30.2 Å². The maximum atomic E-state index is 13.9. The molecule has 3 N–H and O–H groups in total. The maximum Gasteiger partial charge on any atom is 0.259 e. The zero-order chi connectivity index (χ0) is 21.6. The normalized spacial score (nSPS) is 12.2. The van der Waals surface area contributed by atoms with E-state index in [4.69, 9.17) is 10.3 Å². The number of pyridine rings is 1. The summed E-state index contributed by atoms with van der Waals surface area (Å²) in [4.78, 5) is 27.8. The van der Waals surface area contributed by atoms with Crippen LogP contribution in [0.1, 0.15) is 17.1 Å². The molecule has 0 fully saturated rings. The van der Waals surface area contributed by atoms with E-state index in [0.29, 0.717) is 28.1 Å². The van der Waals surface area contributed by atoms with Gasteiger partial charge in [-0.15, -0.1) is 0 Å². The molecule has 4 rings (SSSR count). The van der Waals surface area contributed by atoms with Gasteiger partial charge in [-0.1, -0.05) is 23.4 Å². The van der Waals surface area contributed by atoms with Crippen molar-refractivity contribution in [3.05, 3.63) is 107 Å². The van der Waals surface area contributed by atoms with Crippen molar-refractivity contribution in [2.75, 3.05) is 0 Å². The molecule has 3 heterocycles. The fourth-order valence-corrected chi connectivity index (χ4v) is 2.84. The maximum absolute atomic E-state index is 13.9. The molecule has 0 aliphatic carbocycles. The number of nitrogens with one attached hydrogen (secondary N) is 1. The van der Waals surface area contributed by atoms with Crippen LogP contribution in [0.2, 0.25) is 0 Å². The third kappa shape index (κ3) is 4.61. The lowest BCUT2D eigenvalue weighted by Crippen LogP contribution is -2.16. The second-order valence-corrected chi connectivity index (χ2v) is 6.49. The molecule has 0 unspecified atom stereocenters. The average Bonchev–Trinajstić information content (AvgIpc) is 3.33. The molecule has 1 aromatic carbocycles. The van der Waals surface area contributed by atoms with Gasteiger partial charge in [0.2, 0.25) is 0 Å². The van der Waals surface area contributed by atoms with Crippen LogP contribution in [0.15, 0.2) is 87.7 Å². The van der Waals surface area contributed by atoms with E-state index < -0.39 is 0 Å². The van der Waals surface area contributed by atoms with Crippen LogP contribution in [-0.4, -0.2) is 25.8 Å². The van der Waals surface area contributed by atoms with Crippen LogP contribution in [0.25, 0.3) is 16.8 Å². The number of nitrogens with zero attached hydrogens (tertiary/aromatic N) is 4. The second kappa shape index (κ2) is 8.95. The van der Waals surface area contributed by atoms with Crippen LogP contribution >= 0.6 is 0 Å². The first kappa shape index (κ1) is 19.9. The Morgan fingerprint density at radius 3 is 2.71 bits per heavy atom. The second-order valence-electron chi connectivity index (χ2n) is 6.49. The summed E-state index contributed by atoms with van der Waals surface area (Å²) in [5.74, 6) is -0.190. The third-order valence-electron chi connectivity index (χ3n) is 4.43. The zero-order valence-electron chi connectivity index (χ0n) is 16.2. The molecule has 0 spiro atoms. The number of aliphatic imine (C=N–C) groups is 1. The lowest BCUT2D eigenvalue weighted by Gasteiger charge is -2.05. The highest BCUT2D eigenvalue weighted by Gasteiger charge is 2.11. The number of rotatable bonds is 6. The zero-order valence-corrected chi connectivity index (χ0v) is 16.2. The number of halogens is 1. The minimum absolute atomic E-state index is 0.0730. The molecule has 0 amide bonds. The van der Waals surface area contributed by atoms with E-state index in [1.54, 1.807) is 48.8 Å². The van der Waals surface area contributed by atoms with Crippen molar-refractivity contribution in [1.82, 2.24) is 20.1 Å². The Labute approximate surface area is 176 Å². The average molecular weight is 416 g/mol. The number of hydrogen-bond acceptors (Lipinski definition) is 7. The van der Waals surface area contributed by atoms with Crippen LogP contribution in [0.3, 0.4) is 0 Å². The summed E-state index contributed by atoms with van der Waals surface area (Å²) in [5.41, 5.74) is 8.25. The number of aromatic amines is 1. The third-order valence-corrected chi connectivity index (χ3v) is 4.43. The molecular weight excluding hydrogens is 399 g/mol. The topological polar surface area (TPSA) is 123 Å². The summed E-state index contributed by atoms with van der Waals surface area (Å²) < 4.78 is 18.8. The largest absolute Gasteiger partial charge is 0.396 e. The van der Waals surface area contributed by atoms with Crippen molar-refractivity contribution in [1.29, 1.82) is 0 Å². The standard InChI is InChI=1S/C22H17FN6O2/c23-17-4-2-1-3-15(17)12-26-20(19-7-10-31-29-19)11-18(24)21-27-13-16(22(30)28-21)14-5-8-25-9-6-14/h1-11,13H,12,24H2,(H,27,28,30). The highest BCUT2D eigenvalue weighted by atomic mass is 19.1. The van der Waals surface area contributed by atoms with Crippen LogP contribution in [0.5, 0.6) is 0 Å². The van der Waals surface area contributed by atoms with Gasteiger partial charge in [-0.3, -0.25) is 14.8 Å². The molecular formula is C22H17FN6O2. The van der Waals surface area contributed by atoms with Gasteiger partial charge in [-0.05, 0) is 29.8 Å². The number of benzene rings is 1. The number of nitrogens with two attached hydrogens (primary N) is 1. The predicted octanol–water partition coefficient (Wildman–Crippen LogP) is 2.95. The first-order valence-electron chi connectivity index (χ1n) is 9.27. The van der Waals surface area contributed by atoms with E-state index in [2.05, 4.69) is 25.1 Å². The lowest BCUT2D eigenvalue weighted by atomic mass is 10.1. The fraction of sp³-hybridized carbons (Fsp3) is 0.0455. The molecule has 4 aromatic rings. The van der Waals surface area contributed by atoms with E-state index in [1.165, 1.54) is 24.6 Å². The summed E-state index contributed by atoms with van der Waals surface area (Å²) in [5, 5.41) is 3.87. The predicted molar refractivity (Wildman–Crippen MR) is 113 cm³/mol. The summed E-state index contributed by atoms with van der Waals surface area (Å²) in [6.07, 6.45) is 7.52. The van der Waals surface area contributed by atoms with E-state index >= 15 is 0 Å². The van der Waals surface area contributed by atoms with Crippen molar-refractivity contribution in [3.63, 3.8) is 0 Å². The van der Waals surface area contributed by atoms with E-state index in [-0.39, 0.29) is 29.4 Å². The number of H-pyrrole nitrogens is 1. The molecule has 0 aliphatic heterocycles. The fourth-order valence-electron chi connectivity index (χ4n) is 2.84. The Morgan fingerprint density at radius 2 is 2.00 bits per heavy atom. The molecule has 3 aromatic heterocycles. The summed E-state index contributed by atoms with van der Waals surface area (Å²) in [6, 6.07) is 11.4. The molecule has 0 saturated heterocycles. The molecule has 154 valence electrons. The Morgan fingerprint density at radius 1 is 1.19 bits per heavy atom. The quantitative estimate of drug-likeness (QED) is 0.466. The van der Waals surface area contributed by atoms with Crippen LogP contribution in [0.4, 0.5) is 4.39 Å². The SMILES string of the molecule is NC(=CC(=NCc1ccccc1F)c1ccon1)c1ncc(-c2ccncc2)c(=O)[nH]1. The summed E-state index contributed by atoms with van der Waals surface area (Å²) in [6.45, 7) is 0.0730. The van der Waals surface area contributed by atoms with E-state index in [9.17, 15) is 9.18 Å². The highest BCUT2D eigenvalue weighted by Crippen LogP contribution is 2.14. The van der Waals surface area contributed by atoms with Gasteiger partial charge in [-0.25, -0.2) is 9.37 Å². The number of aromatic nitrogens is 4. The van der Waals surface area contributed by atoms with Crippen molar-refractivity contribution in [2.24, 2.45) is 10.7 Å². The van der Waals surface area contributed by atoms with Gasteiger partial charge in [-0.2, -0.15) is 0 Å². The van der Waals surface area contributed by atoms with Crippen molar-refractivity contribution in [2.45, 2.75) is 6.54 Å². The van der Waals surface area contributed by atoms with E-state index in [0.717, 1.165) is 0 Å². The molecule has 9 heteroatoms. The lowest BCUT2D eigenvalue weighted by molar-refractivity contribution is 0.418.